The monoisotopic (exact) mass is 277 g/mol. The molecular formula is C14H16BrN. The van der Waals surface area contributed by atoms with Gasteiger partial charge in [-0.3, -0.25) is 0 Å². The van der Waals surface area contributed by atoms with Gasteiger partial charge in [0.15, 0.2) is 0 Å². The minimum Gasteiger partial charge on any atom is -0.360 e. The Labute approximate surface area is 104 Å². The van der Waals surface area contributed by atoms with Gasteiger partial charge >= 0.3 is 0 Å². The quantitative estimate of drug-likeness (QED) is 0.822. The molecule has 0 spiro atoms. The first kappa shape index (κ1) is 10.4. The summed E-state index contributed by atoms with van der Waals surface area (Å²) in [6.45, 7) is 0. The van der Waals surface area contributed by atoms with Crippen molar-refractivity contribution in [2.24, 2.45) is 5.92 Å². The molecule has 0 radical (unpaired) electrons. The second kappa shape index (κ2) is 4.25. The van der Waals surface area contributed by atoms with Crippen LogP contribution in [0.2, 0.25) is 0 Å². The topological polar surface area (TPSA) is 15.8 Å². The zero-order chi connectivity index (χ0) is 11.0. The second-order valence-electron chi connectivity index (χ2n) is 4.83. The zero-order valence-electron chi connectivity index (χ0n) is 9.30. The van der Waals surface area contributed by atoms with Crippen molar-refractivity contribution in [1.29, 1.82) is 0 Å². The van der Waals surface area contributed by atoms with E-state index >= 15 is 0 Å². The highest BCUT2D eigenvalue weighted by Crippen LogP contribution is 2.32. The standard InChI is InChI=1S/C14H16BrN/c15-13-7-3-6-12-11(9-16-14(12)13)8-10-4-1-2-5-10/h3,6-7,9-10,16H,1-2,4-5,8H2. The summed E-state index contributed by atoms with van der Waals surface area (Å²) in [6, 6.07) is 6.44. The van der Waals surface area contributed by atoms with Gasteiger partial charge in [0.1, 0.15) is 0 Å². The molecule has 0 amide bonds. The first-order valence-corrected chi connectivity index (χ1v) is 6.88. The normalized spacial score (nSPS) is 17.3. The van der Waals surface area contributed by atoms with Crippen LogP contribution in [0.4, 0.5) is 0 Å². The molecule has 3 rings (SSSR count). The van der Waals surface area contributed by atoms with Crippen molar-refractivity contribution >= 4 is 26.8 Å². The van der Waals surface area contributed by atoms with Crippen molar-refractivity contribution in [3.05, 3.63) is 34.4 Å². The molecule has 1 N–H and O–H groups in total. The summed E-state index contributed by atoms with van der Waals surface area (Å²) in [5.41, 5.74) is 2.73. The number of fused-ring (bicyclic) bond motifs is 1. The van der Waals surface area contributed by atoms with E-state index in [-0.39, 0.29) is 0 Å². The van der Waals surface area contributed by atoms with Crippen LogP contribution in [-0.4, -0.2) is 4.98 Å². The van der Waals surface area contributed by atoms with Crippen LogP contribution in [0, 0.1) is 5.92 Å². The number of nitrogens with one attached hydrogen (secondary N) is 1. The van der Waals surface area contributed by atoms with Gasteiger partial charge in [-0.05, 0) is 39.9 Å². The summed E-state index contributed by atoms with van der Waals surface area (Å²) in [4.78, 5) is 3.38. The molecule has 1 aliphatic carbocycles. The highest BCUT2D eigenvalue weighted by Gasteiger charge is 2.17. The van der Waals surface area contributed by atoms with Crippen molar-refractivity contribution in [1.82, 2.24) is 4.98 Å². The molecule has 1 saturated carbocycles. The Morgan fingerprint density at radius 3 is 2.88 bits per heavy atom. The maximum atomic E-state index is 3.59. The van der Waals surface area contributed by atoms with Crippen LogP contribution in [0.25, 0.3) is 10.9 Å². The van der Waals surface area contributed by atoms with E-state index in [0.717, 1.165) is 5.92 Å². The van der Waals surface area contributed by atoms with Gasteiger partial charge in [0.25, 0.3) is 0 Å². The maximum absolute atomic E-state index is 3.59. The molecule has 0 saturated heterocycles. The SMILES string of the molecule is Brc1cccc2c(CC3CCCC3)c[nH]c12. The number of para-hydroxylation sites is 1. The molecule has 1 aromatic carbocycles. The van der Waals surface area contributed by atoms with Crippen LogP contribution in [0.1, 0.15) is 31.2 Å². The Bertz CT molecular complexity index is 494. The first-order valence-electron chi connectivity index (χ1n) is 6.09. The Morgan fingerprint density at radius 2 is 2.06 bits per heavy atom. The molecule has 2 heteroatoms. The molecular weight excluding hydrogens is 262 g/mol. The van der Waals surface area contributed by atoms with Crippen LogP contribution in [-0.2, 0) is 6.42 Å². The van der Waals surface area contributed by atoms with Crippen molar-refractivity contribution in [3.63, 3.8) is 0 Å². The predicted octanol–water partition coefficient (Wildman–Crippen LogP) is 4.66. The van der Waals surface area contributed by atoms with Gasteiger partial charge in [-0.25, -0.2) is 0 Å². The number of benzene rings is 1. The number of aromatic nitrogens is 1. The van der Waals surface area contributed by atoms with E-state index in [1.165, 1.54) is 53.0 Å². The fourth-order valence-corrected chi connectivity index (χ4v) is 3.35. The second-order valence-corrected chi connectivity index (χ2v) is 5.69. The van der Waals surface area contributed by atoms with E-state index < -0.39 is 0 Å². The molecule has 1 fully saturated rings. The van der Waals surface area contributed by atoms with Gasteiger partial charge in [-0.2, -0.15) is 0 Å². The van der Waals surface area contributed by atoms with E-state index in [2.05, 4.69) is 45.3 Å². The van der Waals surface area contributed by atoms with Crippen LogP contribution in [0.15, 0.2) is 28.9 Å². The lowest BCUT2D eigenvalue weighted by Gasteiger charge is -2.07. The summed E-state index contributed by atoms with van der Waals surface area (Å²) in [6.07, 6.45) is 9.12. The highest BCUT2D eigenvalue weighted by molar-refractivity contribution is 9.10. The summed E-state index contributed by atoms with van der Waals surface area (Å²) in [5.74, 6) is 0.915. The van der Waals surface area contributed by atoms with Crippen LogP contribution >= 0.6 is 15.9 Å². The van der Waals surface area contributed by atoms with Gasteiger partial charge in [-0.1, -0.05) is 37.8 Å². The Kier molecular flexibility index (Phi) is 2.76. The molecule has 0 atom stereocenters. The van der Waals surface area contributed by atoms with Gasteiger partial charge < -0.3 is 4.98 Å². The van der Waals surface area contributed by atoms with E-state index in [0.29, 0.717) is 0 Å². The summed E-state index contributed by atoms with van der Waals surface area (Å²) >= 11 is 3.59. The predicted molar refractivity (Wildman–Crippen MR) is 71.7 cm³/mol. The van der Waals surface area contributed by atoms with Gasteiger partial charge in [-0.15, -0.1) is 0 Å². The smallest absolute Gasteiger partial charge is 0.0601 e. The third-order valence-electron chi connectivity index (χ3n) is 3.73. The zero-order valence-corrected chi connectivity index (χ0v) is 10.9. The van der Waals surface area contributed by atoms with Crippen molar-refractivity contribution in [3.8, 4) is 0 Å². The lowest BCUT2D eigenvalue weighted by Crippen LogP contribution is -1.97. The minimum atomic E-state index is 0.915. The number of hydrogen-bond acceptors (Lipinski definition) is 0. The largest absolute Gasteiger partial charge is 0.360 e. The Hall–Kier alpha value is -0.760. The van der Waals surface area contributed by atoms with E-state index in [1.54, 1.807) is 0 Å². The van der Waals surface area contributed by atoms with Crippen LogP contribution in [0.5, 0.6) is 0 Å². The van der Waals surface area contributed by atoms with Gasteiger partial charge in [0.05, 0.1) is 5.52 Å². The fourth-order valence-electron chi connectivity index (χ4n) is 2.87. The van der Waals surface area contributed by atoms with Crippen LogP contribution in [0.3, 0.4) is 0 Å². The molecule has 84 valence electrons. The van der Waals surface area contributed by atoms with E-state index in [9.17, 15) is 0 Å². The third kappa shape index (κ3) is 1.80. The summed E-state index contributed by atoms with van der Waals surface area (Å²) in [7, 11) is 0. The minimum absolute atomic E-state index is 0.915. The van der Waals surface area contributed by atoms with Crippen molar-refractivity contribution in [2.45, 2.75) is 32.1 Å². The third-order valence-corrected chi connectivity index (χ3v) is 4.39. The van der Waals surface area contributed by atoms with E-state index in [4.69, 9.17) is 0 Å². The molecule has 0 bridgehead atoms. The first-order chi connectivity index (χ1) is 7.84. The molecule has 2 aromatic rings. The van der Waals surface area contributed by atoms with Crippen molar-refractivity contribution in [2.75, 3.05) is 0 Å². The fraction of sp³-hybridized carbons (Fsp3) is 0.429. The number of rotatable bonds is 2. The lowest BCUT2D eigenvalue weighted by molar-refractivity contribution is 0.548. The summed E-state index contributed by atoms with van der Waals surface area (Å²) < 4.78 is 1.17. The van der Waals surface area contributed by atoms with Gasteiger partial charge in [0.2, 0.25) is 0 Å². The number of halogens is 1. The van der Waals surface area contributed by atoms with E-state index in [1.807, 2.05) is 0 Å². The molecule has 16 heavy (non-hydrogen) atoms. The number of hydrogen-bond donors (Lipinski definition) is 1. The number of H-pyrrole nitrogens is 1. The maximum Gasteiger partial charge on any atom is 0.0601 e. The molecule has 1 nitrogen and oxygen atoms in total. The average molecular weight is 278 g/mol. The van der Waals surface area contributed by atoms with Crippen molar-refractivity contribution < 1.29 is 0 Å². The van der Waals surface area contributed by atoms with Gasteiger partial charge in [0, 0.05) is 16.1 Å². The average Bonchev–Trinajstić information content (AvgIpc) is 2.90. The Morgan fingerprint density at radius 1 is 1.25 bits per heavy atom. The molecule has 1 heterocycles. The number of aromatic amines is 1. The molecule has 0 aliphatic heterocycles. The molecule has 1 aliphatic rings. The Balaban J connectivity index is 1.94. The molecule has 0 unspecified atom stereocenters. The molecule has 1 aromatic heterocycles. The lowest BCUT2D eigenvalue weighted by atomic mass is 9.98. The summed E-state index contributed by atoms with van der Waals surface area (Å²) in [5, 5.41) is 1.39. The van der Waals surface area contributed by atoms with Crippen LogP contribution < -0.4 is 0 Å². The highest BCUT2D eigenvalue weighted by atomic mass is 79.9.